The Morgan fingerprint density at radius 2 is 1.14 bits per heavy atom. The minimum atomic E-state index is -1.72. The third kappa shape index (κ3) is 13.9. The first-order valence-electron chi connectivity index (χ1n) is 11.2. The third-order valence-corrected chi connectivity index (χ3v) is 4.92. The van der Waals surface area contributed by atoms with Gasteiger partial charge < -0.3 is 49.1 Å². The lowest BCUT2D eigenvalue weighted by atomic mass is 10.0. The molecule has 35 heavy (non-hydrogen) atoms. The van der Waals surface area contributed by atoms with Gasteiger partial charge in [0.25, 0.3) is 0 Å². The van der Waals surface area contributed by atoms with E-state index in [2.05, 4.69) is 10.6 Å². The van der Waals surface area contributed by atoms with Crippen molar-refractivity contribution in [2.45, 2.75) is 75.5 Å². The van der Waals surface area contributed by atoms with Crippen LogP contribution < -0.4 is 38.9 Å². The zero-order valence-electron chi connectivity index (χ0n) is 19.5. The van der Waals surface area contributed by atoms with E-state index in [1.165, 1.54) is 0 Å². The Kier molecular flexibility index (Phi) is 15.6. The topological polar surface area (TPSA) is 283 Å². The molecule has 4 atom stereocenters. The van der Waals surface area contributed by atoms with Gasteiger partial charge in [-0.3, -0.25) is 24.0 Å². The standard InChI is InChI=1S/C20H37N7O8/c21-7-3-1-5-11(23)17(31)25-12(6-2-4-8-22)18(32)26-13(10-16(29)30)19(33)27-14(20(34)35)9-15(24)28/h11-14H,1-10,21-23H2,(H2,24,28)(H,25,31)(H,26,32)(H,27,33)(H,29,30)(H,34,35)/t11-,12-,13-,14-/m0/s1. The second-order valence-corrected chi connectivity index (χ2v) is 7.97. The molecule has 15 nitrogen and oxygen atoms in total. The molecule has 15 heteroatoms. The molecule has 4 amide bonds. The zero-order chi connectivity index (χ0) is 27.0. The highest BCUT2D eigenvalue weighted by molar-refractivity contribution is 5.96. The molecule has 0 aliphatic carbocycles. The fourth-order valence-corrected chi connectivity index (χ4v) is 3.01. The van der Waals surface area contributed by atoms with Crippen LogP contribution in [0.4, 0.5) is 0 Å². The molecule has 0 heterocycles. The van der Waals surface area contributed by atoms with Crippen LogP contribution in [0.1, 0.15) is 51.4 Å². The van der Waals surface area contributed by atoms with E-state index < -0.39 is 72.6 Å². The first-order valence-corrected chi connectivity index (χ1v) is 11.2. The maximum atomic E-state index is 12.9. The van der Waals surface area contributed by atoms with Crippen molar-refractivity contribution in [1.82, 2.24) is 16.0 Å². The van der Waals surface area contributed by atoms with E-state index in [1.807, 2.05) is 5.32 Å². The van der Waals surface area contributed by atoms with E-state index in [1.54, 1.807) is 0 Å². The summed E-state index contributed by atoms with van der Waals surface area (Å²) in [6, 6.07) is -5.48. The van der Waals surface area contributed by atoms with Crippen molar-refractivity contribution in [3.05, 3.63) is 0 Å². The molecule has 0 fully saturated rings. The fourth-order valence-electron chi connectivity index (χ4n) is 3.01. The number of carboxylic acid groups (broad SMARTS) is 2. The van der Waals surface area contributed by atoms with Crippen LogP contribution in [0.15, 0.2) is 0 Å². The van der Waals surface area contributed by atoms with Gasteiger partial charge in [0, 0.05) is 0 Å². The van der Waals surface area contributed by atoms with Crippen LogP contribution in [0, 0.1) is 0 Å². The highest BCUT2D eigenvalue weighted by atomic mass is 16.4. The minimum absolute atomic E-state index is 0.130. The lowest BCUT2D eigenvalue weighted by molar-refractivity contribution is -0.144. The lowest BCUT2D eigenvalue weighted by Crippen LogP contribution is -2.57. The van der Waals surface area contributed by atoms with Crippen LogP contribution in [0.25, 0.3) is 0 Å². The van der Waals surface area contributed by atoms with E-state index in [9.17, 15) is 28.8 Å². The van der Waals surface area contributed by atoms with E-state index in [-0.39, 0.29) is 6.42 Å². The van der Waals surface area contributed by atoms with E-state index >= 15 is 0 Å². The molecule has 0 aliphatic heterocycles. The van der Waals surface area contributed by atoms with Gasteiger partial charge in [0.05, 0.1) is 18.9 Å². The smallest absolute Gasteiger partial charge is 0.326 e. The average Bonchev–Trinajstić information content (AvgIpc) is 2.76. The second kappa shape index (κ2) is 17.2. The van der Waals surface area contributed by atoms with E-state index in [4.69, 9.17) is 33.1 Å². The summed E-state index contributed by atoms with van der Waals surface area (Å²) >= 11 is 0. The molecular weight excluding hydrogens is 466 g/mol. The molecule has 0 aromatic carbocycles. The van der Waals surface area contributed by atoms with Crippen molar-refractivity contribution in [3.63, 3.8) is 0 Å². The minimum Gasteiger partial charge on any atom is -0.481 e. The summed E-state index contributed by atoms with van der Waals surface area (Å²) in [7, 11) is 0. The van der Waals surface area contributed by atoms with Crippen LogP contribution in [0.3, 0.4) is 0 Å². The first kappa shape index (κ1) is 31.7. The Balaban J connectivity index is 5.48. The molecule has 0 radical (unpaired) electrons. The normalized spacial score (nSPS) is 14.1. The number of hydrogen-bond acceptors (Lipinski definition) is 9. The quantitative estimate of drug-likeness (QED) is 0.0778. The summed E-state index contributed by atoms with van der Waals surface area (Å²) < 4.78 is 0. The first-order chi connectivity index (χ1) is 16.4. The largest absolute Gasteiger partial charge is 0.481 e. The molecule has 0 aromatic heterocycles. The Labute approximate surface area is 202 Å². The zero-order valence-corrected chi connectivity index (χ0v) is 19.5. The number of amides is 4. The summed E-state index contributed by atoms with van der Waals surface area (Å²) in [6.45, 7) is 0.773. The number of carbonyl (C=O) groups excluding carboxylic acids is 4. The van der Waals surface area contributed by atoms with Crippen molar-refractivity contribution in [1.29, 1.82) is 0 Å². The molecule has 0 aliphatic rings. The Hall–Kier alpha value is -3.30. The van der Waals surface area contributed by atoms with Gasteiger partial charge in [-0.1, -0.05) is 6.42 Å². The Bertz CT molecular complexity index is 749. The van der Waals surface area contributed by atoms with Crippen molar-refractivity contribution < 1.29 is 39.0 Å². The summed E-state index contributed by atoms with van der Waals surface area (Å²) in [5.74, 6) is -6.68. The van der Waals surface area contributed by atoms with Crippen molar-refractivity contribution >= 4 is 35.6 Å². The van der Waals surface area contributed by atoms with Gasteiger partial charge in [-0.05, 0) is 45.2 Å². The van der Waals surface area contributed by atoms with Gasteiger partial charge in [0.2, 0.25) is 23.6 Å². The van der Waals surface area contributed by atoms with E-state index in [0.717, 1.165) is 0 Å². The van der Waals surface area contributed by atoms with Crippen LogP contribution in [-0.4, -0.2) is 83.0 Å². The molecule has 0 spiro atoms. The summed E-state index contributed by atoms with van der Waals surface area (Å²) in [6.07, 6.45) is 1.08. The monoisotopic (exact) mass is 503 g/mol. The molecule has 0 bridgehead atoms. The molecular formula is C20H37N7O8. The van der Waals surface area contributed by atoms with Crippen LogP contribution in [0.5, 0.6) is 0 Å². The fraction of sp³-hybridized carbons (Fsp3) is 0.700. The van der Waals surface area contributed by atoms with E-state index in [0.29, 0.717) is 45.2 Å². The second-order valence-electron chi connectivity index (χ2n) is 7.97. The maximum Gasteiger partial charge on any atom is 0.326 e. The van der Waals surface area contributed by atoms with Crippen LogP contribution >= 0.6 is 0 Å². The number of nitrogens with two attached hydrogens (primary N) is 4. The molecule has 0 rings (SSSR count). The predicted octanol–water partition coefficient (Wildman–Crippen LogP) is -3.54. The van der Waals surface area contributed by atoms with Gasteiger partial charge in [-0.15, -0.1) is 0 Å². The molecule has 0 saturated heterocycles. The number of nitrogens with one attached hydrogen (secondary N) is 3. The molecule has 200 valence electrons. The Morgan fingerprint density at radius 1 is 0.657 bits per heavy atom. The Morgan fingerprint density at radius 3 is 1.63 bits per heavy atom. The number of aliphatic carboxylic acids is 2. The SMILES string of the molecule is NCCCC[C@H](NC(=O)[C@@H](N)CCCCN)C(=O)N[C@@H](CC(=O)O)C(=O)N[C@@H](CC(N)=O)C(=O)O. The number of hydrogen-bond donors (Lipinski definition) is 9. The van der Waals surface area contributed by atoms with Gasteiger partial charge >= 0.3 is 11.9 Å². The summed E-state index contributed by atoms with van der Waals surface area (Å²) in [5, 5.41) is 25.0. The molecule has 0 saturated carbocycles. The van der Waals surface area contributed by atoms with Crippen molar-refractivity contribution in [2.24, 2.45) is 22.9 Å². The van der Waals surface area contributed by atoms with Gasteiger partial charge in [0.1, 0.15) is 18.1 Å². The molecule has 13 N–H and O–H groups in total. The summed E-state index contributed by atoms with van der Waals surface area (Å²) in [4.78, 5) is 71.4. The highest BCUT2D eigenvalue weighted by Crippen LogP contribution is 2.06. The predicted molar refractivity (Wildman–Crippen MR) is 123 cm³/mol. The van der Waals surface area contributed by atoms with Gasteiger partial charge in [-0.2, -0.15) is 0 Å². The molecule has 0 aromatic rings. The van der Waals surface area contributed by atoms with Crippen molar-refractivity contribution in [3.8, 4) is 0 Å². The number of carbonyl (C=O) groups is 6. The number of carboxylic acids is 2. The lowest BCUT2D eigenvalue weighted by Gasteiger charge is -2.24. The van der Waals surface area contributed by atoms with Crippen LogP contribution in [-0.2, 0) is 28.8 Å². The summed E-state index contributed by atoms with van der Waals surface area (Å²) in [5.41, 5.74) is 21.7. The number of rotatable bonds is 19. The van der Waals surface area contributed by atoms with Gasteiger partial charge in [0.15, 0.2) is 0 Å². The maximum absolute atomic E-state index is 12.9. The third-order valence-electron chi connectivity index (χ3n) is 4.92. The van der Waals surface area contributed by atoms with Gasteiger partial charge in [-0.25, -0.2) is 4.79 Å². The number of unbranched alkanes of at least 4 members (excludes halogenated alkanes) is 2. The highest BCUT2D eigenvalue weighted by Gasteiger charge is 2.32. The van der Waals surface area contributed by atoms with Crippen molar-refractivity contribution in [2.75, 3.05) is 13.1 Å². The molecule has 0 unspecified atom stereocenters. The average molecular weight is 504 g/mol. The van der Waals surface area contributed by atoms with Crippen LogP contribution in [0.2, 0.25) is 0 Å². The number of primary amides is 1.